The van der Waals surface area contributed by atoms with Gasteiger partial charge < -0.3 is 27.0 Å². The molecule has 164 valence electrons. The normalized spacial score (nSPS) is 24.8. The summed E-state index contributed by atoms with van der Waals surface area (Å²) in [6.07, 6.45) is 5.28. The maximum atomic E-state index is 13.1. The predicted molar refractivity (Wildman–Crippen MR) is 123 cm³/mol. The second-order valence-electron chi connectivity index (χ2n) is 8.56. The van der Waals surface area contributed by atoms with Gasteiger partial charge in [-0.25, -0.2) is 9.97 Å². The second kappa shape index (κ2) is 7.72. The Balaban J connectivity index is 1.30. The zero-order valence-electron chi connectivity index (χ0n) is 17.1. The quantitative estimate of drug-likeness (QED) is 0.597. The number of aromatic nitrogens is 2. The van der Waals surface area contributed by atoms with Gasteiger partial charge in [0.25, 0.3) is 0 Å². The molecule has 1 aromatic heterocycles. The first-order valence-electron chi connectivity index (χ1n) is 10.6. The van der Waals surface area contributed by atoms with Crippen LogP contribution in [0.3, 0.4) is 0 Å². The van der Waals surface area contributed by atoms with Gasteiger partial charge >= 0.3 is 0 Å². The van der Waals surface area contributed by atoms with Gasteiger partial charge in [-0.2, -0.15) is 0 Å². The summed E-state index contributed by atoms with van der Waals surface area (Å²) in [5.74, 6) is 1.31. The molecule has 10 heteroatoms. The molecular formula is C21H26ClN7OS. The summed E-state index contributed by atoms with van der Waals surface area (Å²) in [7, 11) is 0. The molecule has 8 nitrogen and oxygen atoms in total. The van der Waals surface area contributed by atoms with Crippen LogP contribution in [-0.2, 0) is 4.79 Å². The van der Waals surface area contributed by atoms with E-state index in [1.54, 1.807) is 12.3 Å². The van der Waals surface area contributed by atoms with Gasteiger partial charge in [-0.1, -0.05) is 29.4 Å². The monoisotopic (exact) mass is 459 g/mol. The zero-order chi connectivity index (χ0) is 21.8. The second-order valence-corrected chi connectivity index (χ2v) is 9.97. The van der Waals surface area contributed by atoms with Crippen LogP contribution in [0.15, 0.2) is 34.3 Å². The summed E-state index contributed by atoms with van der Waals surface area (Å²) in [6.45, 7) is 2.27. The molecule has 3 aliphatic heterocycles. The summed E-state index contributed by atoms with van der Waals surface area (Å²) in [4.78, 5) is 27.1. The number of carbonyl (C=O) groups is 1. The standard InChI is InChI=1S/C21H26ClN7OS/c22-16-12(23)3-1-5-14(16)31-19-18(25)27-15(11-26-19)28-9-6-21(7-10-28)17(24)13-4-2-8-29(13)20(21)30/h1,3,5,11,13,17H,2,4,6-10,23-24H2,(H2,25,27). The summed E-state index contributed by atoms with van der Waals surface area (Å²) < 4.78 is 0. The molecule has 1 spiro atoms. The third-order valence-electron chi connectivity index (χ3n) is 6.97. The topological polar surface area (TPSA) is 127 Å². The summed E-state index contributed by atoms with van der Waals surface area (Å²) in [5.41, 5.74) is 18.8. The van der Waals surface area contributed by atoms with Crippen molar-refractivity contribution in [3.05, 3.63) is 29.4 Å². The number of carbonyl (C=O) groups excluding carboxylic acids is 1. The number of nitrogen functional groups attached to an aromatic ring is 2. The van der Waals surface area contributed by atoms with Crippen molar-refractivity contribution in [1.82, 2.24) is 14.9 Å². The van der Waals surface area contributed by atoms with Gasteiger partial charge in [0, 0.05) is 36.6 Å². The number of nitrogens with zero attached hydrogens (tertiary/aromatic N) is 4. The van der Waals surface area contributed by atoms with Crippen molar-refractivity contribution in [1.29, 1.82) is 0 Å². The van der Waals surface area contributed by atoms with E-state index in [1.807, 2.05) is 17.0 Å². The third-order valence-corrected chi connectivity index (χ3v) is 8.57. The van der Waals surface area contributed by atoms with Crippen molar-refractivity contribution in [2.75, 3.05) is 36.0 Å². The van der Waals surface area contributed by atoms with Crippen molar-refractivity contribution < 1.29 is 4.79 Å². The lowest BCUT2D eigenvalue weighted by Crippen LogP contribution is -2.52. The number of fused-ring (bicyclic) bond motifs is 1. The molecule has 0 aliphatic carbocycles. The maximum Gasteiger partial charge on any atom is 0.230 e. The van der Waals surface area contributed by atoms with Gasteiger partial charge in [0.05, 0.1) is 22.3 Å². The summed E-state index contributed by atoms with van der Waals surface area (Å²) >= 11 is 7.62. The highest BCUT2D eigenvalue weighted by atomic mass is 35.5. The van der Waals surface area contributed by atoms with E-state index in [4.69, 9.17) is 28.8 Å². The summed E-state index contributed by atoms with van der Waals surface area (Å²) in [6, 6.07) is 5.59. The molecule has 3 fully saturated rings. The molecule has 2 atom stereocenters. The molecule has 0 radical (unpaired) electrons. The number of hydrogen-bond donors (Lipinski definition) is 3. The lowest BCUT2D eigenvalue weighted by molar-refractivity contribution is -0.137. The predicted octanol–water partition coefficient (Wildman–Crippen LogP) is 2.36. The van der Waals surface area contributed by atoms with Crippen LogP contribution < -0.4 is 22.1 Å². The van der Waals surface area contributed by atoms with Crippen LogP contribution in [-0.4, -0.2) is 52.5 Å². The van der Waals surface area contributed by atoms with E-state index in [0.717, 1.165) is 42.9 Å². The largest absolute Gasteiger partial charge is 0.397 e. The molecular weight excluding hydrogens is 434 g/mol. The minimum absolute atomic E-state index is 0.0809. The smallest absolute Gasteiger partial charge is 0.230 e. The highest BCUT2D eigenvalue weighted by Gasteiger charge is 2.59. The number of piperidine rings is 1. The molecule has 2 aromatic rings. The number of hydrogen-bond acceptors (Lipinski definition) is 8. The molecule has 1 amide bonds. The molecule has 0 saturated carbocycles. The van der Waals surface area contributed by atoms with Gasteiger partial charge in [0.15, 0.2) is 5.82 Å². The first-order chi connectivity index (χ1) is 14.9. The number of rotatable bonds is 3. The van der Waals surface area contributed by atoms with E-state index in [1.165, 1.54) is 11.8 Å². The molecule has 0 bridgehead atoms. The van der Waals surface area contributed by atoms with Gasteiger partial charge in [-0.3, -0.25) is 4.79 Å². The minimum atomic E-state index is -0.430. The molecule has 1 aromatic carbocycles. The first kappa shape index (κ1) is 20.7. The van der Waals surface area contributed by atoms with Gasteiger partial charge in [-0.05, 0) is 37.8 Å². The maximum absolute atomic E-state index is 13.1. The van der Waals surface area contributed by atoms with Crippen molar-refractivity contribution in [3.8, 4) is 0 Å². The fraction of sp³-hybridized carbons (Fsp3) is 0.476. The average molecular weight is 460 g/mol. The van der Waals surface area contributed by atoms with Crippen molar-refractivity contribution in [3.63, 3.8) is 0 Å². The molecule has 6 N–H and O–H groups in total. The van der Waals surface area contributed by atoms with Gasteiger partial charge in [0.2, 0.25) is 5.91 Å². The van der Waals surface area contributed by atoms with Crippen LogP contribution in [0, 0.1) is 5.41 Å². The van der Waals surface area contributed by atoms with E-state index < -0.39 is 5.41 Å². The van der Waals surface area contributed by atoms with E-state index in [2.05, 4.69) is 14.9 Å². The number of amides is 1. The Kier molecular flexibility index (Phi) is 5.15. The highest BCUT2D eigenvalue weighted by molar-refractivity contribution is 7.99. The lowest BCUT2D eigenvalue weighted by atomic mass is 9.72. The van der Waals surface area contributed by atoms with E-state index >= 15 is 0 Å². The Bertz CT molecular complexity index is 1030. The summed E-state index contributed by atoms with van der Waals surface area (Å²) in [5, 5.41) is 1.07. The fourth-order valence-electron chi connectivity index (χ4n) is 5.22. The number of benzene rings is 1. The van der Waals surface area contributed by atoms with Crippen LogP contribution >= 0.6 is 23.4 Å². The van der Waals surface area contributed by atoms with Crippen LogP contribution in [0.5, 0.6) is 0 Å². The molecule has 4 heterocycles. The molecule has 31 heavy (non-hydrogen) atoms. The van der Waals surface area contributed by atoms with Gasteiger partial charge in [-0.15, -0.1) is 0 Å². The SMILES string of the molecule is Nc1cccc(Sc2ncc(N3CCC4(CC3)C(=O)N3CCCC3C4N)nc2N)c1Cl. The highest BCUT2D eigenvalue weighted by Crippen LogP contribution is 2.47. The number of anilines is 3. The van der Waals surface area contributed by atoms with Crippen molar-refractivity contribution in [2.24, 2.45) is 11.1 Å². The Labute approximate surface area is 190 Å². The Morgan fingerprint density at radius 3 is 2.68 bits per heavy atom. The van der Waals surface area contributed by atoms with E-state index in [-0.39, 0.29) is 18.0 Å². The fourth-order valence-corrected chi connectivity index (χ4v) is 6.28. The first-order valence-corrected chi connectivity index (χ1v) is 11.8. The Morgan fingerprint density at radius 2 is 1.97 bits per heavy atom. The minimum Gasteiger partial charge on any atom is -0.397 e. The van der Waals surface area contributed by atoms with Crippen LogP contribution in [0.25, 0.3) is 0 Å². The molecule has 2 unspecified atom stereocenters. The van der Waals surface area contributed by atoms with Crippen LogP contribution in [0.4, 0.5) is 17.3 Å². The van der Waals surface area contributed by atoms with Crippen LogP contribution in [0.2, 0.25) is 5.02 Å². The zero-order valence-corrected chi connectivity index (χ0v) is 18.7. The number of nitrogens with two attached hydrogens (primary N) is 3. The Hall–Kier alpha value is -2.23. The average Bonchev–Trinajstić information content (AvgIpc) is 3.32. The van der Waals surface area contributed by atoms with Crippen molar-refractivity contribution in [2.45, 2.75) is 47.7 Å². The Morgan fingerprint density at radius 1 is 1.19 bits per heavy atom. The van der Waals surface area contributed by atoms with Crippen LogP contribution in [0.1, 0.15) is 25.7 Å². The van der Waals surface area contributed by atoms with Crippen molar-refractivity contribution >= 4 is 46.6 Å². The molecule has 5 rings (SSSR count). The number of halogens is 1. The molecule has 3 aliphatic rings. The third kappa shape index (κ3) is 3.30. The molecule has 3 saturated heterocycles. The lowest BCUT2D eigenvalue weighted by Gasteiger charge is -2.41. The van der Waals surface area contributed by atoms with Gasteiger partial charge in [0.1, 0.15) is 10.8 Å². The van der Waals surface area contributed by atoms with E-state index in [9.17, 15) is 4.79 Å². The van der Waals surface area contributed by atoms with E-state index in [0.29, 0.717) is 34.6 Å².